The van der Waals surface area contributed by atoms with E-state index < -0.39 is 0 Å². The van der Waals surface area contributed by atoms with Gasteiger partial charge in [0.1, 0.15) is 5.82 Å². The van der Waals surface area contributed by atoms with E-state index in [1.54, 1.807) is 0 Å². The summed E-state index contributed by atoms with van der Waals surface area (Å²) in [4.78, 5) is 11.9. The summed E-state index contributed by atoms with van der Waals surface area (Å²) >= 11 is 3.43. The fourth-order valence-corrected chi connectivity index (χ4v) is 2.62. The van der Waals surface area contributed by atoms with Crippen LogP contribution in [0.15, 0.2) is 0 Å². The molecule has 2 unspecified atom stereocenters. The van der Waals surface area contributed by atoms with Crippen LogP contribution in [0.1, 0.15) is 57.7 Å². The molecule has 0 saturated carbocycles. The van der Waals surface area contributed by atoms with Gasteiger partial charge in [-0.2, -0.15) is 0 Å². The van der Waals surface area contributed by atoms with Crippen molar-refractivity contribution in [3.63, 3.8) is 0 Å². The first-order valence-corrected chi connectivity index (χ1v) is 8.28. The van der Waals surface area contributed by atoms with E-state index in [1.807, 2.05) is 20.8 Å². The topological polar surface area (TPSA) is 59.8 Å². The Bertz CT molecular complexity index is 472. The zero-order chi connectivity index (χ0) is 14.7. The number of hydrogen-bond acceptors (Lipinski definition) is 3. The largest absolute Gasteiger partial charge is 0.345 e. The Morgan fingerprint density at radius 2 is 2.00 bits per heavy atom. The maximum Gasteiger partial charge on any atom is 0.234 e. The Labute approximate surface area is 128 Å². The van der Waals surface area contributed by atoms with Gasteiger partial charge in [-0.25, -0.2) is 0 Å². The molecule has 0 aliphatic carbocycles. The van der Waals surface area contributed by atoms with Crippen LogP contribution in [-0.4, -0.2) is 25.5 Å². The molecule has 0 radical (unpaired) electrons. The lowest BCUT2D eigenvalue weighted by Crippen LogP contribution is -2.36. The van der Waals surface area contributed by atoms with E-state index >= 15 is 0 Å². The van der Waals surface area contributed by atoms with Gasteiger partial charge in [0, 0.05) is 13.0 Å². The van der Waals surface area contributed by atoms with E-state index in [4.69, 9.17) is 0 Å². The molecule has 0 aromatic carbocycles. The normalized spacial score (nSPS) is 18.2. The van der Waals surface area contributed by atoms with Crippen molar-refractivity contribution in [3.8, 4) is 0 Å². The molecule has 1 aliphatic heterocycles. The Morgan fingerprint density at radius 1 is 1.25 bits per heavy atom. The number of aromatic nitrogens is 3. The molecule has 2 atom stereocenters. The summed E-state index contributed by atoms with van der Waals surface area (Å²) in [6.07, 6.45) is 4.56. The third-order valence-corrected chi connectivity index (χ3v) is 5.19. The average molecular weight is 343 g/mol. The van der Waals surface area contributed by atoms with Crippen LogP contribution in [0, 0.1) is 5.92 Å². The van der Waals surface area contributed by atoms with Crippen LogP contribution in [0.2, 0.25) is 0 Å². The maximum atomic E-state index is 12.1. The number of rotatable bonds is 4. The number of carbonyl (C=O) groups is 1. The van der Waals surface area contributed by atoms with Crippen molar-refractivity contribution in [2.24, 2.45) is 5.92 Å². The molecule has 0 bridgehead atoms. The predicted molar refractivity (Wildman–Crippen MR) is 81.7 cm³/mol. The van der Waals surface area contributed by atoms with Gasteiger partial charge in [0.15, 0.2) is 5.82 Å². The van der Waals surface area contributed by atoms with Crippen molar-refractivity contribution in [3.05, 3.63) is 11.6 Å². The van der Waals surface area contributed by atoms with Crippen LogP contribution >= 0.6 is 15.9 Å². The Hall–Kier alpha value is -0.910. The van der Waals surface area contributed by atoms with Gasteiger partial charge in [-0.3, -0.25) is 4.79 Å². The van der Waals surface area contributed by atoms with E-state index in [9.17, 15) is 4.79 Å². The Balaban J connectivity index is 2.08. The van der Waals surface area contributed by atoms with Crippen molar-refractivity contribution >= 4 is 21.8 Å². The fraction of sp³-hybridized carbons (Fsp3) is 0.786. The molecule has 0 spiro atoms. The van der Waals surface area contributed by atoms with Gasteiger partial charge in [0.25, 0.3) is 0 Å². The molecule has 1 amide bonds. The molecule has 112 valence electrons. The SMILES string of the molecule is CC(NC(=O)C(Br)C(C)C)c1nnc2n1CCCCC2. The zero-order valence-corrected chi connectivity index (χ0v) is 14.0. The van der Waals surface area contributed by atoms with Gasteiger partial charge in [-0.15, -0.1) is 10.2 Å². The summed E-state index contributed by atoms with van der Waals surface area (Å²) in [7, 11) is 0. The van der Waals surface area contributed by atoms with Crippen LogP contribution < -0.4 is 5.32 Å². The number of nitrogens with zero attached hydrogens (tertiary/aromatic N) is 3. The highest BCUT2D eigenvalue weighted by atomic mass is 79.9. The monoisotopic (exact) mass is 342 g/mol. The molecule has 20 heavy (non-hydrogen) atoms. The standard InChI is InChI=1S/C14H23BrN4O/c1-9(2)12(15)14(20)16-10(3)13-18-17-11-7-5-4-6-8-19(11)13/h9-10,12H,4-8H2,1-3H3,(H,16,20). The molecule has 1 aliphatic rings. The minimum Gasteiger partial charge on any atom is -0.345 e. The van der Waals surface area contributed by atoms with Gasteiger partial charge in [0.05, 0.1) is 10.9 Å². The molecule has 0 saturated heterocycles. The van der Waals surface area contributed by atoms with Gasteiger partial charge in [-0.05, 0) is 25.7 Å². The van der Waals surface area contributed by atoms with Crippen molar-refractivity contribution in [1.82, 2.24) is 20.1 Å². The lowest BCUT2D eigenvalue weighted by molar-refractivity contribution is -0.121. The van der Waals surface area contributed by atoms with Gasteiger partial charge >= 0.3 is 0 Å². The van der Waals surface area contributed by atoms with E-state index in [-0.39, 0.29) is 22.7 Å². The Morgan fingerprint density at radius 3 is 2.70 bits per heavy atom. The number of hydrogen-bond donors (Lipinski definition) is 1. The van der Waals surface area contributed by atoms with Crippen LogP contribution in [0.4, 0.5) is 0 Å². The fourth-order valence-electron chi connectivity index (χ4n) is 2.49. The molecule has 5 nitrogen and oxygen atoms in total. The summed E-state index contributed by atoms with van der Waals surface area (Å²) in [5, 5.41) is 11.6. The molecule has 1 N–H and O–H groups in total. The Kier molecular flexibility index (Phi) is 5.18. The highest BCUT2D eigenvalue weighted by Gasteiger charge is 2.24. The molecular formula is C14H23BrN4O. The number of carbonyl (C=O) groups excluding carboxylic acids is 1. The second kappa shape index (κ2) is 6.70. The molecule has 1 aromatic rings. The average Bonchev–Trinajstić information content (AvgIpc) is 2.67. The summed E-state index contributed by atoms with van der Waals surface area (Å²) in [5.74, 6) is 2.20. The minimum atomic E-state index is -0.170. The molecule has 0 fully saturated rings. The molecule has 2 rings (SSSR count). The molecule has 6 heteroatoms. The van der Waals surface area contributed by atoms with Crippen LogP contribution in [-0.2, 0) is 17.8 Å². The second-order valence-corrected chi connectivity index (χ2v) is 6.80. The second-order valence-electron chi connectivity index (χ2n) is 5.81. The van der Waals surface area contributed by atoms with E-state index in [0.29, 0.717) is 0 Å². The van der Waals surface area contributed by atoms with Crippen molar-refractivity contribution < 1.29 is 4.79 Å². The summed E-state index contributed by atoms with van der Waals surface area (Å²) in [6, 6.07) is -0.111. The summed E-state index contributed by atoms with van der Waals surface area (Å²) < 4.78 is 2.18. The lowest BCUT2D eigenvalue weighted by Gasteiger charge is -2.19. The van der Waals surface area contributed by atoms with Gasteiger partial charge in [0.2, 0.25) is 5.91 Å². The van der Waals surface area contributed by atoms with E-state index in [1.165, 1.54) is 12.8 Å². The zero-order valence-electron chi connectivity index (χ0n) is 12.4. The third-order valence-electron chi connectivity index (χ3n) is 3.72. The van der Waals surface area contributed by atoms with Gasteiger partial charge in [-0.1, -0.05) is 36.2 Å². The first kappa shape index (κ1) is 15.5. The number of fused-ring (bicyclic) bond motifs is 1. The third kappa shape index (κ3) is 3.40. The minimum absolute atomic E-state index is 0.0125. The molecular weight excluding hydrogens is 320 g/mol. The highest BCUT2D eigenvalue weighted by Crippen LogP contribution is 2.20. The highest BCUT2D eigenvalue weighted by molar-refractivity contribution is 9.10. The predicted octanol–water partition coefficient (Wildman–Crippen LogP) is 2.60. The maximum absolute atomic E-state index is 12.1. The van der Waals surface area contributed by atoms with Crippen molar-refractivity contribution in [1.29, 1.82) is 0 Å². The smallest absolute Gasteiger partial charge is 0.234 e. The van der Waals surface area contributed by atoms with Crippen LogP contribution in [0.3, 0.4) is 0 Å². The van der Waals surface area contributed by atoms with Crippen LogP contribution in [0.25, 0.3) is 0 Å². The van der Waals surface area contributed by atoms with E-state index in [2.05, 4.69) is 36.0 Å². The molecule has 1 aromatic heterocycles. The first-order chi connectivity index (χ1) is 9.50. The summed E-state index contributed by atoms with van der Waals surface area (Å²) in [5.41, 5.74) is 0. The lowest BCUT2D eigenvalue weighted by atomic mass is 10.1. The van der Waals surface area contributed by atoms with Gasteiger partial charge < -0.3 is 9.88 Å². The van der Waals surface area contributed by atoms with Crippen LogP contribution in [0.5, 0.6) is 0 Å². The first-order valence-electron chi connectivity index (χ1n) is 7.37. The van der Waals surface area contributed by atoms with E-state index in [0.717, 1.165) is 31.0 Å². The number of amides is 1. The number of nitrogens with one attached hydrogen (secondary N) is 1. The van der Waals surface area contributed by atoms with Crippen molar-refractivity contribution in [2.75, 3.05) is 0 Å². The molecule has 2 heterocycles. The number of alkyl halides is 1. The quantitative estimate of drug-likeness (QED) is 0.855. The summed E-state index contributed by atoms with van der Waals surface area (Å²) in [6.45, 7) is 6.97. The van der Waals surface area contributed by atoms with Crippen molar-refractivity contribution in [2.45, 2.75) is 63.9 Å². The number of halogens is 1. The number of aryl methyl sites for hydroxylation is 1.